The molecule has 4 rings (SSSR count). The first-order valence-electron chi connectivity index (χ1n) is 9.60. The van der Waals surface area contributed by atoms with E-state index in [1.807, 2.05) is 11.3 Å². The quantitative estimate of drug-likeness (QED) is 0.906. The predicted molar refractivity (Wildman–Crippen MR) is 97.6 cm³/mol. The molecule has 0 aromatic carbocycles. The Morgan fingerprint density at radius 2 is 1.88 bits per heavy atom. The van der Waals surface area contributed by atoms with Crippen LogP contribution in [0.5, 0.6) is 0 Å². The van der Waals surface area contributed by atoms with E-state index in [0.717, 1.165) is 51.9 Å². The minimum Gasteiger partial charge on any atom is -0.390 e. The van der Waals surface area contributed by atoms with Crippen LogP contribution >= 0.6 is 11.3 Å². The molecule has 3 aliphatic rings. The first-order valence-corrected chi connectivity index (χ1v) is 10.4. The zero-order valence-electron chi connectivity index (χ0n) is 14.5. The minimum atomic E-state index is -0.221. The maximum atomic E-state index is 10.5. The molecule has 2 saturated heterocycles. The topological polar surface area (TPSA) is 35.9 Å². The average molecular weight is 351 g/mol. The molecule has 0 amide bonds. The Kier molecular flexibility index (Phi) is 5.54. The van der Waals surface area contributed by atoms with Gasteiger partial charge in [-0.2, -0.15) is 0 Å². The van der Waals surface area contributed by atoms with E-state index in [0.29, 0.717) is 0 Å². The molecule has 0 bridgehead atoms. The predicted octanol–water partition coefficient (Wildman–Crippen LogP) is 2.67. The summed E-state index contributed by atoms with van der Waals surface area (Å²) in [5, 5.41) is 10.5. The number of nitrogens with zero attached hydrogens (tertiary/aromatic N) is 2. The van der Waals surface area contributed by atoms with Crippen LogP contribution in [-0.4, -0.2) is 66.4 Å². The third-order valence-corrected chi connectivity index (χ3v) is 7.15. The van der Waals surface area contributed by atoms with Crippen molar-refractivity contribution in [1.29, 1.82) is 0 Å². The van der Waals surface area contributed by atoms with Crippen LogP contribution in [0.2, 0.25) is 0 Å². The summed E-state index contributed by atoms with van der Waals surface area (Å²) in [6.45, 7) is 6.31. The van der Waals surface area contributed by atoms with Crippen molar-refractivity contribution in [1.82, 2.24) is 9.80 Å². The molecule has 0 spiro atoms. The van der Waals surface area contributed by atoms with E-state index < -0.39 is 0 Å². The smallest absolute Gasteiger partial charge is 0.0834 e. The number of aliphatic hydroxyl groups is 1. The van der Waals surface area contributed by atoms with E-state index >= 15 is 0 Å². The average Bonchev–Trinajstić information content (AvgIpc) is 3.23. The Morgan fingerprint density at radius 3 is 2.67 bits per heavy atom. The summed E-state index contributed by atoms with van der Waals surface area (Å²) in [6, 6.07) is 4.97. The first kappa shape index (κ1) is 17.0. The van der Waals surface area contributed by atoms with Gasteiger partial charge in [0.25, 0.3) is 0 Å². The molecule has 1 N–H and O–H groups in total. The fourth-order valence-electron chi connectivity index (χ4n) is 4.55. The minimum absolute atomic E-state index is 0.221. The SMILES string of the molecule is O[C@H]1CN(Cc2ccc(C3CCCCC3)s2)C[C@@H]1N1CCOCC1. The number of aliphatic hydroxyl groups excluding tert-OH is 1. The molecular weight excluding hydrogens is 320 g/mol. The number of likely N-dealkylation sites (tertiary alicyclic amines) is 1. The van der Waals surface area contributed by atoms with Gasteiger partial charge in [0.15, 0.2) is 0 Å². The largest absolute Gasteiger partial charge is 0.390 e. The van der Waals surface area contributed by atoms with Crippen LogP contribution in [0, 0.1) is 0 Å². The van der Waals surface area contributed by atoms with Gasteiger partial charge >= 0.3 is 0 Å². The maximum absolute atomic E-state index is 10.5. The van der Waals surface area contributed by atoms with Crippen molar-refractivity contribution >= 4 is 11.3 Å². The lowest BCUT2D eigenvalue weighted by molar-refractivity contribution is -0.00617. The number of rotatable bonds is 4. The molecule has 0 unspecified atom stereocenters. The van der Waals surface area contributed by atoms with Crippen LogP contribution in [-0.2, 0) is 11.3 Å². The molecule has 2 atom stereocenters. The first-order chi connectivity index (χ1) is 11.8. The zero-order valence-corrected chi connectivity index (χ0v) is 15.3. The summed E-state index contributed by atoms with van der Waals surface area (Å²) < 4.78 is 5.44. The van der Waals surface area contributed by atoms with Crippen molar-refractivity contribution in [2.24, 2.45) is 0 Å². The van der Waals surface area contributed by atoms with Crippen molar-refractivity contribution in [3.63, 3.8) is 0 Å². The lowest BCUT2D eigenvalue weighted by atomic mass is 9.88. The summed E-state index contributed by atoms with van der Waals surface area (Å²) in [5.41, 5.74) is 0. The van der Waals surface area contributed by atoms with Gasteiger partial charge in [-0.25, -0.2) is 0 Å². The number of hydrogen-bond acceptors (Lipinski definition) is 5. The summed E-state index contributed by atoms with van der Waals surface area (Å²) >= 11 is 2.01. The molecule has 5 heteroatoms. The molecule has 1 aliphatic carbocycles. The summed E-state index contributed by atoms with van der Waals surface area (Å²) in [5.74, 6) is 0.808. The number of β-amino-alcohol motifs (C(OH)–C–C–N with tert-alkyl or cyclic N) is 1. The molecule has 3 heterocycles. The van der Waals surface area contributed by atoms with Crippen LogP contribution in [0.4, 0.5) is 0 Å². The fourth-order valence-corrected chi connectivity index (χ4v) is 5.77. The number of thiophene rings is 1. The van der Waals surface area contributed by atoms with Crippen LogP contribution in [0.15, 0.2) is 12.1 Å². The highest BCUT2D eigenvalue weighted by Crippen LogP contribution is 2.36. The molecule has 4 nitrogen and oxygen atoms in total. The van der Waals surface area contributed by atoms with Crippen LogP contribution in [0.1, 0.15) is 47.8 Å². The highest BCUT2D eigenvalue weighted by Gasteiger charge is 2.36. The van der Waals surface area contributed by atoms with Gasteiger partial charge in [0.05, 0.1) is 19.3 Å². The molecule has 2 aliphatic heterocycles. The molecule has 0 radical (unpaired) electrons. The molecule has 1 saturated carbocycles. The van der Waals surface area contributed by atoms with E-state index in [4.69, 9.17) is 4.74 Å². The van der Waals surface area contributed by atoms with Gasteiger partial charge in [0.2, 0.25) is 0 Å². The van der Waals surface area contributed by atoms with Crippen molar-refractivity contribution in [3.8, 4) is 0 Å². The van der Waals surface area contributed by atoms with E-state index in [1.165, 1.54) is 37.0 Å². The third-order valence-electron chi connectivity index (χ3n) is 5.92. The molecule has 134 valence electrons. The van der Waals surface area contributed by atoms with Crippen molar-refractivity contribution in [2.75, 3.05) is 39.4 Å². The van der Waals surface area contributed by atoms with Crippen LogP contribution in [0.25, 0.3) is 0 Å². The Bertz CT molecular complexity index is 523. The van der Waals surface area contributed by atoms with E-state index in [9.17, 15) is 5.11 Å². The monoisotopic (exact) mass is 350 g/mol. The maximum Gasteiger partial charge on any atom is 0.0834 e. The van der Waals surface area contributed by atoms with Gasteiger partial charge in [0, 0.05) is 48.5 Å². The Morgan fingerprint density at radius 1 is 1.08 bits per heavy atom. The second kappa shape index (κ2) is 7.83. The second-order valence-corrected chi connectivity index (χ2v) is 8.82. The molecular formula is C19H30N2O2S. The fraction of sp³-hybridized carbons (Fsp3) is 0.789. The molecule has 1 aromatic rings. The van der Waals surface area contributed by atoms with Crippen LogP contribution < -0.4 is 0 Å². The molecule has 1 aromatic heterocycles. The van der Waals surface area contributed by atoms with Gasteiger partial charge < -0.3 is 9.84 Å². The van der Waals surface area contributed by atoms with Crippen molar-refractivity contribution < 1.29 is 9.84 Å². The van der Waals surface area contributed by atoms with Gasteiger partial charge in [0.1, 0.15) is 0 Å². The number of ether oxygens (including phenoxy) is 1. The Labute approximate surface area is 149 Å². The van der Waals surface area contributed by atoms with Gasteiger partial charge in [-0.05, 0) is 30.9 Å². The van der Waals surface area contributed by atoms with Gasteiger partial charge in [-0.3, -0.25) is 9.80 Å². The lowest BCUT2D eigenvalue weighted by Crippen LogP contribution is -2.48. The number of morpholine rings is 1. The highest BCUT2D eigenvalue weighted by atomic mass is 32.1. The Balaban J connectivity index is 1.33. The summed E-state index contributed by atoms with van der Waals surface area (Å²) in [7, 11) is 0. The van der Waals surface area contributed by atoms with Gasteiger partial charge in [-0.1, -0.05) is 19.3 Å². The highest BCUT2D eigenvalue weighted by molar-refractivity contribution is 7.12. The third kappa shape index (κ3) is 3.86. The van der Waals surface area contributed by atoms with E-state index in [1.54, 1.807) is 4.88 Å². The van der Waals surface area contributed by atoms with E-state index in [2.05, 4.69) is 21.9 Å². The normalized spacial score (nSPS) is 30.9. The van der Waals surface area contributed by atoms with Crippen molar-refractivity contribution in [2.45, 2.75) is 56.7 Å². The van der Waals surface area contributed by atoms with Crippen molar-refractivity contribution in [3.05, 3.63) is 21.9 Å². The zero-order chi connectivity index (χ0) is 16.4. The Hall–Kier alpha value is -0.460. The number of hydrogen-bond donors (Lipinski definition) is 1. The van der Waals surface area contributed by atoms with Gasteiger partial charge in [-0.15, -0.1) is 11.3 Å². The lowest BCUT2D eigenvalue weighted by Gasteiger charge is -2.33. The molecule has 3 fully saturated rings. The second-order valence-electron chi connectivity index (χ2n) is 7.62. The van der Waals surface area contributed by atoms with Crippen LogP contribution in [0.3, 0.4) is 0 Å². The standard InChI is InChI=1S/C19H30N2O2S/c22-18-14-20(13-17(18)21-8-10-23-11-9-21)12-16-6-7-19(24-16)15-4-2-1-3-5-15/h6-7,15,17-18,22H,1-5,8-14H2/t17-,18-/m0/s1. The molecule has 24 heavy (non-hydrogen) atoms. The van der Waals surface area contributed by atoms with E-state index in [-0.39, 0.29) is 12.1 Å². The summed E-state index contributed by atoms with van der Waals surface area (Å²) in [4.78, 5) is 7.90. The summed E-state index contributed by atoms with van der Waals surface area (Å²) in [6.07, 6.45) is 6.75.